The van der Waals surface area contributed by atoms with Gasteiger partial charge in [-0.15, -0.1) is 0 Å². The van der Waals surface area contributed by atoms with Crippen molar-refractivity contribution in [2.75, 3.05) is 31.1 Å². The van der Waals surface area contributed by atoms with Gasteiger partial charge in [0.15, 0.2) is 5.13 Å². The Bertz CT molecular complexity index is 958. The first kappa shape index (κ1) is 21.2. The molecule has 0 aliphatic carbocycles. The van der Waals surface area contributed by atoms with Gasteiger partial charge in [0, 0.05) is 22.6 Å². The van der Waals surface area contributed by atoms with Crippen LogP contribution in [-0.4, -0.2) is 42.0 Å². The third-order valence-electron chi connectivity index (χ3n) is 4.70. The molecule has 0 unspecified atom stereocenters. The van der Waals surface area contributed by atoms with Crippen LogP contribution >= 0.6 is 38.9 Å². The maximum Gasteiger partial charge on any atom is 0.233 e. The Morgan fingerprint density at radius 1 is 1.14 bits per heavy atom. The molecule has 1 aromatic heterocycles. The minimum absolute atomic E-state index is 0.0124. The Morgan fingerprint density at radius 3 is 2.61 bits per heavy atom. The average Bonchev–Trinajstić information content (AvgIpc) is 3.09. The van der Waals surface area contributed by atoms with Gasteiger partial charge in [0.05, 0.1) is 16.6 Å². The fourth-order valence-corrected chi connectivity index (χ4v) is 4.77. The van der Waals surface area contributed by atoms with Gasteiger partial charge >= 0.3 is 0 Å². The number of fused-ring (bicyclic) bond motifs is 1. The minimum Gasteiger partial charge on any atom is -0.302 e. The van der Waals surface area contributed by atoms with E-state index < -0.39 is 0 Å². The summed E-state index contributed by atoms with van der Waals surface area (Å²) in [5.74, 6) is 0.0124. The van der Waals surface area contributed by atoms with Crippen LogP contribution in [0.4, 0.5) is 5.13 Å². The third-order valence-corrected chi connectivity index (χ3v) is 6.61. The van der Waals surface area contributed by atoms with Crippen LogP contribution in [0.5, 0.6) is 0 Å². The molecule has 0 spiro atoms. The summed E-state index contributed by atoms with van der Waals surface area (Å²) in [7, 11) is 0. The lowest BCUT2D eigenvalue weighted by atomic mass is 10.1. The Morgan fingerprint density at radius 2 is 1.89 bits per heavy atom. The van der Waals surface area contributed by atoms with Crippen molar-refractivity contribution in [2.45, 2.75) is 20.3 Å². The van der Waals surface area contributed by atoms with E-state index in [2.05, 4.69) is 34.7 Å². The summed E-state index contributed by atoms with van der Waals surface area (Å²) in [4.78, 5) is 22.0. The summed E-state index contributed by atoms with van der Waals surface area (Å²) in [5.41, 5.74) is 1.74. The molecule has 28 heavy (non-hydrogen) atoms. The van der Waals surface area contributed by atoms with Crippen LogP contribution in [-0.2, 0) is 11.2 Å². The Kier molecular flexibility index (Phi) is 7.46. The second-order valence-electron chi connectivity index (χ2n) is 6.45. The number of nitrogens with zero attached hydrogens (tertiary/aromatic N) is 3. The maximum absolute atomic E-state index is 13.2. The first-order valence-electron chi connectivity index (χ1n) is 9.34. The maximum atomic E-state index is 13.2. The molecular formula is C21H23BrClN3OS. The number of likely N-dealkylation sites (N-methyl/N-ethyl adjacent to an activating group) is 1. The number of carbonyl (C=O) groups excluding carboxylic acids is 1. The van der Waals surface area contributed by atoms with Crippen molar-refractivity contribution in [3.63, 3.8) is 0 Å². The molecule has 0 N–H and O–H groups in total. The number of carbonyl (C=O) groups is 1. The SMILES string of the molecule is CCN(CC)CCN(C(=O)Cc1ccccc1Cl)c1nc2ccc(Br)cc2s1. The molecular weight excluding hydrogens is 458 g/mol. The highest BCUT2D eigenvalue weighted by Crippen LogP contribution is 2.31. The van der Waals surface area contributed by atoms with Gasteiger partial charge in [-0.05, 0) is 42.9 Å². The van der Waals surface area contributed by atoms with Gasteiger partial charge in [-0.1, -0.05) is 70.9 Å². The average molecular weight is 481 g/mol. The molecule has 2 aromatic carbocycles. The molecule has 148 valence electrons. The molecule has 0 saturated heterocycles. The number of amides is 1. The summed E-state index contributed by atoms with van der Waals surface area (Å²) < 4.78 is 2.06. The quantitative estimate of drug-likeness (QED) is 0.419. The number of hydrogen-bond acceptors (Lipinski definition) is 4. The lowest BCUT2D eigenvalue weighted by Crippen LogP contribution is -2.39. The number of aromatic nitrogens is 1. The van der Waals surface area contributed by atoms with E-state index in [9.17, 15) is 4.79 Å². The molecule has 1 heterocycles. The van der Waals surface area contributed by atoms with Crippen molar-refractivity contribution >= 4 is 60.1 Å². The van der Waals surface area contributed by atoms with Gasteiger partial charge < -0.3 is 4.90 Å². The summed E-state index contributed by atoms with van der Waals surface area (Å²) in [6.07, 6.45) is 0.261. The van der Waals surface area contributed by atoms with E-state index in [-0.39, 0.29) is 12.3 Å². The zero-order valence-electron chi connectivity index (χ0n) is 16.0. The van der Waals surface area contributed by atoms with Crippen LogP contribution in [0, 0.1) is 0 Å². The standard InChI is InChI=1S/C21H23BrClN3OS/c1-3-25(4-2)11-12-26(20(27)13-15-7-5-6-8-17(15)23)21-24-18-10-9-16(22)14-19(18)28-21/h5-10,14H,3-4,11-13H2,1-2H3. The molecule has 1 amide bonds. The van der Waals surface area contributed by atoms with Gasteiger partial charge in [0.1, 0.15) is 0 Å². The highest BCUT2D eigenvalue weighted by Gasteiger charge is 2.21. The van der Waals surface area contributed by atoms with Gasteiger partial charge in [-0.25, -0.2) is 4.98 Å². The number of anilines is 1. The zero-order valence-corrected chi connectivity index (χ0v) is 19.1. The predicted octanol–water partition coefficient (Wildman–Crippen LogP) is 5.63. The number of halogens is 2. The van der Waals surface area contributed by atoms with Crippen LogP contribution < -0.4 is 4.90 Å². The van der Waals surface area contributed by atoms with Crippen molar-refractivity contribution in [1.29, 1.82) is 0 Å². The van der Waals surface area contributed by atoms with E-state index in [1.807, 2.05) is 42.5 Å². The van der Waals surface area contributed by atoms with E-state index in [0.29, 0.717) is 11.6 Å². The highest BCUT2D eigenvalue weighted by atomic mass is 79.9. The van der Waals surface area contributed by atoms with Crippen molar-refractivity contribution < 1.29 is 4.79 Å². The van der Waals surface area contributed by atoms with Crippen LogP contribution in [0.25, 0.3) is 10.2 Å². The van der Waals surface area contributed by atoms with E-state index in [1.165, 1.54) is 0 Å². The minimum atomic E-state index is 0.0124. The molecule has 0 aliphatic heterocycles. The zero-order chi connectivity index (χ0) is 20.1. The van der Waals surface area contributed by atoms with E-state index in [4.69, 9.17) is 16.6 Å². The fourth-order valence-electron chi connectivity index (χ4n) is 3.01. The summed E-state index contributed by atoms with van der Waals surface area (Å²) in [6, 6.07) is 13.5. The fraction of sp³-hybridized carbons (Fsp3) is 0.333. The van der Waals surface area contributed by atoms with Crippen LogP contribution in [0.3, 0.4) is 0 Å². The number of benzene rings is 2. The van der Waals surface area contributed by atoms with E-state index in [0.717, 1.165) is 45.0 Å². The highest BCUT2D eigenvalue weighted by molar-refractivity contribution is 9.10. The molecule has 4 nitrogen and oxygen atoms in total. The molecule has 0 fully saturated rings. The molecule has 0 radical (unpaired) electrons. The second-order valence-corrected chi connectivity index (χ2v) is 8.78. The van der Waals surface area contributed by atoms with Crippen molar-refractivity contribution in [1.82, 2.24) is 9.88 Å². The lowest BCUT2D eigenvalue weighted by Gasteiger charge is -2.25. The molecule has 3 aromatic rings. The molecule has 0 bridgehead atoms. The lowest BCUT2D eigenvalue weighted by molar-refractivity contribution is -0.118. The number of thiazole rings is 1. The van der Waals surface area contributed by atoms with Gasteiger partial charge in [-0.3, -0.25) is 9.69 Å². The number of rotatable bonds is 8. The predicted molar refractivity (Wildman–Crippen MR) is 123 cm³/mol. The topological polar surface area (TPSA) is 36.4 Å². The van der Waals surface area contributed by atoms with Crippen molar-refractivity contribution in [3.8, 4) is 0 Å². The summed E-state index contributed by atoms with van der Waals surface area (Å²) >= 11 is 11.3. The van der Waals surface area contributed by atoms with Gasteiger partial charge in [-0.2, -0.15) is 0 Å². The molecule has 0 atom stereocenters. The molecule has 0 saturated carbocycles. The van der Waals surface area contributed by atoms with Crippen molar-refractivity contribution in [3.05, 3.63) is 57.5 Å². The molecule has 3 rings (SSSR count). The second kappa shape index (κ2) is 9.83. The van der Waals surface area contributed by atoms with Crippen molar-refractivity contribution in [2.24, 2.45) is 0 Å². The Balaban J connectivity index is 1.88. The third kappa shape index (κ3) is 5.11. The Labute approximate surface area is 183 Å². The molecule has 0 aliphatic rings. The first-order valence-corrected chi connectivity index (χ1v) is 11.3. The summed E-state index contributed by atoms with van der Waals surface area (Å²) in [5, 5.41) is 1.35. The van der Waals surface area contributed by atoms with Crippen LogP contribution in [0.1, 0.15) is 19.4 Å². The summed E-state index contributed by atoms with van der Waals surface area (Å²) in [6.45, 7) is 7.59. The number of hydrogen-bond donors (Lipinski definition) is 0. The first-order chi connectivity index (χ1) is 13.5. The smallest absolute Gasteiger partial charge is 0.233 e. The normalized spacial score (nSPS) is 11.3. The largest absolute Gasteiger partial charge is 0.302 e. The van der Waals surface area contributed by atoms with Gasteiger partial charge in [0.25, 0.3) is 0 Å². The van der Waals surface area contributed by atoms with Crippen LogP contribution in [0.15, 0.2) is 46.9 Å². The monoisotopic (exact) mass is 479 g/mol. The molecule has 7 heteroatoms. The Hall–Kier alpha value is -1.47. The van der Waals surface area contributed by atoms with E-state index >= 15 is 0 Å². The van der Waals surface area contributed by atoms with Gasteiger partial charge in [0.2, 0.25) is 5.91 Å². The van der Waals surface area contributed by atoms with Crippen LogP contribution in [0.2, 0.25) is 5.02 Å². The van der Waals surface area contributed by atoms with E-state index in [1.54, 1.807) is 16.2 Å².